The van der Waals surface area contributed by atoms with Gasteiger partial charge in [-0.15, -0.1) is 0 Å². The number of hydrogen-bond acceptors (Lipinski definition) is 3. The van der Waals surface area contributed by atoms with Crippen LogP contribution in [0.1, 0.15) is 36.7 Å². The first-order valence-corrected chi connectivity index (χ1v) is 6.07. The number of nitrogens with one attached hydrogen (secondary N) is 1. The minimum atomic E-state index is -0.967. The minimum absolute atomic E-state index is 0.213. The van der Waals surface area contributed by atoms with Crippen molar-refractivity contribution in [3.05, 3.63) is 35.4 Å². The topological polar surface area (TPSA) is 92.4 Å². The Morgan fingerprint density at radius 2 is 1.79 bits per heavy atom. The summed E-state index contributed by atoms with van der Waals surface area (Å²) in [4.78, 5) is 22.5. The summed E-state index contributed by atoms with van der Waals surface area (Å²) < 4.78 is 0. The van der Waals surface area contributed by atoms with Gasteiger partial charge in [0.05, 0.1) is 11.6 Å². The molecule has 5 nitrogen and oxygen atoms in total. The van der Waals surface area contributed by atoms with Gasteiger partial charge >= 0.3 is 5.97 Å². The molecule has 0 radical (unpaired) electrons. The van der Waals surface area contributed by atoms with E-state index in [1.165, 1.54) is 12.1 Å². The summed E-state index contributed by atoms with van der Waals surface area (Å²) in [6, 6.07) is 5.78. The predicted molar refractivity (Wildman–Crippen MR) is 72.7 cm³/mol. The first-order chi connectivity index (χ1) is 8.71. The highest BCUT2D eigenvalue weighted by Gasteiger charge is 2.26. The molecule has 0 aliphatic heterocycles. The number of hydrogen-bond donors (Lipinski definition) is 3. The van der Waals surface area contributed by atoms with Gasteiger partial charge in [-0.3, -0.25) is 4.79 Å². The summed E-state index contributed by atoms with van der Waals surface area (Å²) >= 11 is 0. The number of nitrogens with two attached hydrogens (primary N) is 1. The van der Waals surface area contributed by atoms with Gasteiger partial charge in [0.15, 0.2) is 0 Å². The second-order valence-corrected chi connectivity index (χ2v) is 5.56. The number of benzene rings is 1. The summed E-state index contributed by atoms with van der Waals surface area (Å²) in [5.74, 6) is -1.18. The third-order valence-electron chi connectivity index (χ3n) is 2.88. The lowest BCUT2D eigenvalue weighted by Crippen LogP contribution is -2.48. The second-order valence-electron chi connectivity index (χ2n) is 5.56. The zero-order valence-electron chi connectivity index (χ0n) is 11.4. The smallest absolute Gasteiger partial charge is 0.335 e. The lowest BCUT2D eigenvalue weighted by atomic mass is 9.87. The first kappa shape index (κ1) is 15.2. The average molecular weight is 264 g/mol. The Bertz CT molecular complexity index is 461. The van der Waals surface area contributed by atoms with Crippen molar-refractivity contribution in [1.82, 2.24) is 5.32 Å². The predicted octanol–water partition coefficient (Wildman–Crippen LogP) is 1.37. The Morgan fingerprint density at radius 1 is 1.26 bits per heavy atom. The third kappa shape index (κ3) is 4.37. The van der Waals surface area contributed by atoms with Gasteiger partial charge in [0.25, 0.3) is 0 Å². The maximum Gasteiger partial charge on any atom is 0.335 e. The molecule has 1 aromatic rings. The van der Waals surface area contributed by atoms with Crippen molar-refractivity contribution in [3.63, 3.8) is 0 Å². The fraction of sp³-hybridized carbons (Fsp3) is 0.429. The van der Waals surface area contributed by atoms with Crippen molar-refractivity contribution in [2.45, 2.75) is 33.4 Å². The SMILES string of the molecule is CC(C)(C)C(N)C(=O)NCc1ccc(C(=O)O)cc1. The summed E-state index contributed by atoms with van der Waals surface area (Å²) in [6.45, 7) is 6.04. The van der Waals surface area contributed by atoms with Gasteiger partial charge < -0.3 is 16.2 Å². The van der Waals surface area contributed by atoms with Crippen LogP contribution in [0.5, 0.6) is 0 Å². The molecule has 1 aromatic carbocycles. The van der Waals surface area contributed by atoms with Crippen LogP contribution < -0.4 is 11.1 Å². The van der Waals surface area contributed by atoms with Crippen LogP contribution in [0.3, 0.4) is 0 Å². The zero-order chi connectivity index (χ0) is 14.6. The molecule has 104 valence electrons. The van der Waals surface area contributed by atoms with Crippen LogP contribution in [-0.2, 0) is 11.3 Å². The van der Waals surface area contributed by atoms with E-state index >= 15 is 0 Å². The molecule has 0 aliphatic rings. The molecule has 1 rings (SSSR count). The quantitative estimate of drug-likeness (QED) is 0.766. The molecule has 0 saturated carbocycles. The van der Waals surface area contributed by atoms with E-state index in [9.17, 15) is 9.59 Å². The number of carbonyl (C=O) groups is 2. The molecule has 0 spiro atoms. The highest BCUT2D eigenvalue weighted by Crippen LogP contribution is 2.17. The van der Waals surface area contributed by atoms with Gasteiger partial charge in [-0.2, -0.15) is 0 Å². The standard InChI is InChI=1S/C14H20N2O3/c1-14(2,3)11(15)12(17)16-8-9-4-6-10(7-5-9)13(18)19/h4-7,11H,8,15H2,1-3H3,(H,16,17)(H,18,19). The van der Waals surface area contributed by atoms with Gasteiger partial charge in [-0.1, -0.05) is 32.9 Å². The van der Waals surface area contributed by atoms with Gasteiger partial charge in [0.1, 0.15) is 0 Å². The molecule has 0 aromatic heterocycles. The molecule has 1 amide bonds. The Kier molecular flexibility index (Phi) is 4.67. The molecule has 5 heteroatoms. The van der Waals surface area contributed by atoms with E-state index in [2.05, 4.69) is 5.32 Å². The Labute approximate surface area is 112 Å². The van der Waals surface area contributed by atoms with E-state index in [0.717, 1.165) is 5.56 Å². The molecule has 0 heterocycles. The number of carboxylic acids is 1. The highest BCUT2D eigenvalue weighted by atomic mass is 16.4. The zero-order valence-corrected chi connectivity index (χ0v) is 11.4. The molecule has 19 heavy (non-hydrogen) atoms. The number of amides is 1. The molecule has 1 atom stereocenters. The average Bonchev–Trinajstić information content (AvgIpc) is 2.34. The van der Waals surface area contributed by atoms with E-state index in [4.69, 9.17) is 10.8 Å². The number of aromatic carboxylic acids is 1. The van der Waals surface area contributed by atoms with Crippen molar-refractivity contribution in [2.75, 3.05) is 0 Å². The van der Waals surface area contributed by atoms with E-state index in [1.54, 1.807) is 12.1 Å². The van der Waals surface area contributed by atoms with Gasteiger partial charge in [0, 0.05) is 6.54 Å². The maximum atomic E-state index is 11.8. The van der Waals surface area contributed by atoms with Crippen molar-refractivity contribution in [2.24, 2.45) is 11.1 Å². The van der Waals surface area contributed by atoms with E-state index < -0.39 is 12.0 Å². The number of carbonyl (C=O) groups excluding carboxylic acids is 1. The monoisotopic (exact) mass is 264 g/mol. The van der Waals surface area contributed by atoms with Crippen LogP contribution in [0.4, 0.5) is 0 Å². The lowest BCUT2D eigenvalue weighted by Gasteiger charge is -2.25. The van der Waals surface area contributed by atoms with Crippen molar-refractivity contribution in [3.8, 4) is 0 Å². The van der Waals surface area contributed by atoms with Gasteiger partial charge in [0.2, 0.25) is 5.91 Å². The van der Waals surface area contributed by atoms with Crippen LogP contribution >= 0.6 is 0 Å². The number of carboxylic acid groups (broad SMARTS) is 1. The first-order valence-electron chi connectivity index (χ1n) is 6.07. The molecule has 4 N–H and O–H groups in total. The van der Waals surface area contributed by atoms with E-state index in [1.807, 2.05) is 20.8 Å². The molecule has 0 aliphatic carbocycles. The van der Waals surface area contributed by atoms with Crippen LogP contribution in [0.15, 0.2) is 24.3 Å². The van der Waals surface area contributed by atoms with Crippen LogP contribution in [0.25, 0.3) is 0 Å². The third-order valence-corrected chi connectivity index (χ3v) is 2.88. The van der Waals surface area contributed by atoms with Crippen LogP contribution in [0, 0.1) is 5.41 Å². The van der Waals surface area contributed by atoms with Gasteiger partial charge in [-0.05, 0) is 23.1 Å². The summed E-state index contributed by atoms with van der Waals surface area (Å²) in [5.41, 5.74) is 6.59. The van der Waals surface area contributed by atoms with E-state index in [-0.39, 0.29) is 16.9 Å². The summed E-state index contributed by atoms with van der Waals surface area (Å²) in [7, 11) is 0. The van der Waals surface area contributed by atoms with Crippen molar-refractivity contribution >= 4 is 11.9 Å². The fourth-order valence-corrected chi connectivity index (χ4v) is 1.46. The Hall–Kier alpha value is -1.88. The second kappa shape index (κ2) is 5.84. The summed E-state index contributed by atoms with van der Waals surface area (Å²) in [5, 5.41) is 11.5. The van der Waals surface area contributed by atoms with Crippen molar-refractivity contribution in [1.29, 1.82) is 0 Å². The fourth-order valence-electron chi connectivity index (χ4n) is 1.46. The molecule has 0 bridgehead atoms. The molecule has 1 unspecified atom stereocenters. The summed E-state index contributed by atoms with van der Waals surface area (Å²) in [6.07, 6.45) is 0. The van der Waals surface area contributed by atoms with Gasteiger partial charge in [-0.25, -0.2) is 4.79 Å². The molecule has 0 saturated heterocycles. The number of rotatable bonds is 4. The van der Waals surface area contributed by atoms with Crippen LogP contribution in [-0.4, -0.2) is 23.0 Å². The van der Waals surface area contributed by atoms with Crippen LogP contribution in [0.2, 0.25) is 0 Å². The van der Waals surface area contributed by atoms with Crippen molar-refractivity contribution < 1.29 is 14.7 Å². The lowest BCUT2D eigenvalue weighted by molar-refractivity contribution is -0.124. The largest absolute Gasteiger partial charge is 0.478 e. The molecular formula is C14H20N2O3. The molecular weight excluding hydrogens is 244 g/mol. The molecule has 0 fully saturated rings. The highest BCUT2D eigenvalue weighted by molar-refractivity contribution is 5.87. The van der Waals surface area contributed by atoms with E-state index in [0.29, 0.717) is 6.54 Å². The maximum absolute atomic E-state index is 11.8. The normalized spacial score (nSPS) is 12.8. The Balaban J connectivity index is 2.58. The Morgan fingerprint density at radius 3 is 2.21 bits per heavy atom. The minimum Gasteiger partial charge on any atom is -0.478 e.